The van der Waals surface area contributed by atoms with E-state index in [1.807, 2.05) is 65.5 Å². The highest BCUT2D eigenvalue weighted by Crippen LogP contribution is 2.23. The van der Waals surface area contributed by atoms with Gasteiger partial charge in [-0.25, -0.2) is 15.0 Å². The van der Waals surface area contributed by atoms with E-state index in [1.165, 1.54) is 0 Å². The van der Waals surface area contributed by atoms with Crippen LogP contribution in [-0.2, 0) is 4.79 Å². The monoisotopic (exact) mass is 422 g/mol. The molecule has 0 aliphatic heterocycles. The third-order valence-electron chi connectivity index (χ3n) is 4.86. The van der Waals surface area contributed by atoms with Crippen molar-refractivity contribution in [1.29, 1.82) is 0 Å². The van der Waals surface area contributed by atoms with Crippen LogP contribution in [0, 0.1) is 11.8 Å². The van der Waals surface area contributed by atoms with Gasteiger partial charge in [0.1, 0.15) is 11.5 Å². The number of nitrogens with zero attached hydrogens (tertiary/aromatic N) is 4. The van der Waals surface area contributed by atoms with Gasteiger partial charge in [-0.2, -0.15) is 0 Å². The fraction of sp³-hybridized carbons (Fsp3) is 0.120. The summed E-state index contributed by atoms with van der Waals surface area (Å²) in [7, 11) is 1.73. The van der Waals surface area contributed by atoms with Gasteiger partial charge in [-0.1, -0.05) is 24.1 Å². The molecule has 3 aromatic heterocycles. The lowest BCUT2D eigenvalue weighted by molar-refractivity contribution is -0.117. The molecule has 1 aromatic carbocycles. The van der Waals surface area contributed by atoms with Gasteiger partial charge < -0.3 is 10.6 Å². The van der Waals surface area contributed by atoms with Crippen LogP contribution in [0.4, 0.5) is 5.82 Å². The molecule has 158 valence electrons. The van der Waals surface area contributed by atoms with E-state index in [4.69, 9.17) is 0 Å². The van der Waals surface area contributed by atoms with Crippen molar-refractivity contribution in [1.82, 2.24) is 24.8 Å². The van der Waals surface area contributed by atoms with E-state index >= 15 is 0 Å². The molecular formula is C25H22N6O. The molecule has 3 heterocycles. The van der Waals surface area contributed by atoms with Crippen molar-refractivity contribution in [2.45, 2.75) is 13.0 Å². The number of hydrogen-bond acceptors (Lipinski definition) is 5. The number of rotatable bonds is 5. The Morgan fingerprint density at radius 2 is 1.69 bits per heavy atom. The molecule has 0 saturated heterocycles. The molecule has 2 N–H and O–H groups in total. The SMILES string of the molecule is CNC(C)C(=O)Nc1ccc(-c2cnc(-n3cccc3)nc2)c(C#Cc2ccccc2)n1. The molecule has 4 rings (SSSR count). The summed E-state index contributed by atoms with van der Waals surface area (Å²) in [5, 5.41) is 5.74. The Kier molecular flexibility index (Phi) is 6.35. The van der Waals surface area contributed by atoms with E-state index in [2.05, 4.69) is 37.4 Å². The third-order valence-corrected chi connectivity index (χ3v) is 4.86. The maximum Gasteiger partial charge on any atom is 0.242 e. The number of likely N-dealkylation sites (N-methyl/N-ethyl adjacent to an activating group) is 1. The van der Waals surface area contributed by atoms with Crippen LogP contribution in [0.2, 0.25) is 0 Å². The van der Waals surface area contributed by atoms with Gasteiger partial charge in [0.15, 0.2) is 0 Å². The number of carbonyl (C=O) groups excluding carboxylic acids is 1. The van der Waals surface area contributed by atoms with Crippen LogP contribution in [-0.4, -0.2) is 38.5 Å². The predicted octanol–water partition coefficient (Wildman–Crippen LogP) is 3.28. The molecule has 0 radical (unpaired) electrons. The Morgan fingerprint density at radius 3 is 2.38 bits per heavy atom. The van der Waals surface area contributed by atoms with Gasteiger partial charge in [0.2, 0.25) is 11.9 Å². The number of benzene rings is 1. The van der Waals surface area contributed by atoms with Gasteiger partial charge in [-0.15, -0.1) is 0 Å². The van der Waals surface area contributed by atoms with Crippen LogP contribution in [0.15, 0.2) is 79.4 Å². The molecule has 1 atom stereocenters. The molecule has 32 heavy (non-hydrogen) atoms. The Bertz CT molecular complexity index is 1260. The zero-order valence-corrected chi connectivity index (χ0v) is 17.8. The maximum atomic E-state index is 12.3. The van der Waals surface area contributed by atoms with Crippen molar-refractivity contribution in [3.05, 3.63) is 90.6 Å². The first kappa shape index (κ1) is 21.0. The van der Waals surface area contributed by atoms with Crippen LogP contribution >= 0.6 is 0 Å². The molecule has 1 amide bonds. The molecule has 0 spiro atoms. The van der Waals surface area contributed by atoms with Gasteiger partial charge in [0, 0.05) is 41.5 Å². The highest BCUT2D eigenvalue weighted by Gasteiger charge is 2.13. The van der Waals surface area contributed by atoms with E-state index in [1.54, 1.807) is 32.4 Å². The van der Waals surface area contributed by atoms with Crippen LogP contribution < -0.4 is 10.6 Å². The molecule has 1 unspecified atom stereocenters. The van der Waals surface area contributed by atoms with Crippen LogP contribution in [0.25, 0.3) is 17.1 Å². The van der Waals surface area contributed by atoms with E-state index < -0.39 is 0 Å². The largest absolute Gasteiger partial charge is 0.309 e. The number of hydrogen-bond donors (Lipinski definition) is 2. The molecular weight excluding hydrogens is 400 g/mol. The number of aromatic nitrogens is 4. The predicted molar refractivity (Wildman–Crippen MR) is 124 cm³/mol. The van der Waals surface area contributed by atoms with Gasteiger partial charge in [0.05, 0.1) is 6.04 Å². The highest BCUT2D eigenvalue weighted by atomic mass is 16.2. The second kappa shape index (κ2) is 9.69. The number of amides is 1. The van der Waals surface area contributed by atoms with Gasteiger partial charge in [-0.3, -0.25) is 9.36 Å². The minimum absolute atomic E-state index is 0.172. The lowest BCUT2D eigenvalue weighted by Crippen LogP contribution is -2.35. The van der Waals surface area contributed by atoms with E-state index in [9.17, 15) is 4.79 Å². The number of anilines is 1. The highest BCUT2D eigenvalue weighted by molar-refractivity contribution is 5.94. The minimum atomic E-state index is -0.343. The van der Waals surface area contributed by atoms with E-state index in [0.717, 1.165) is 16.7 Å². The van der Waals surface area contributed by atoms with E-state index in [-0.39, 0.29) is 11.9 Å². The average Bonchev–Trinajstić information content (AvgIpc) is 3.38. The number of carbonyl (C=O) groups is 1. The molecule has 0 fully saturated rings. The molecule has 0 aliphatic rings. The normalized spacial score (nSPS) is 11.3. The quantitative estimate of drug-likeness (QED) is 0.482. The minimum Gasteiger partial charge on any atom is -0.309 e. The summed E-state index contributed by atoms with van der Waals surface area (Å²) in [6.07, 6.45) is 7.26. The summed E-state index contributed by atoms with van der Waals surface area (Å²) >= 11 is 0. The van der Waals surface area contributed by atoms with Crippen LogP contribution in [0.1, 0.15) is 18.2 Å². The zero-order chi connectivity index (χ0) is 22.3. The van der Waals surface area contributed by atoms with Crippen LogP contribution in [0.3, 0.4) is 0 Å². The Morgan fingerprint density at radius 1 is 0.969 bits per heavy atom. The second-order valence-electron chi connectivity index (χ2n) is 7.07. The molecule has 7 nitrogen and oxygen atoms in total. The first-order chi connectivity index (χ1) is 15.6. The molecule has 0 aliphatic carbocycles. The third kappa shape index (κ3) is 4.89. The number of nitrogens with one attached hydrogen (secondary N) is 2. The maximum absolute atomic E-state index is 12.3. The van der Waals surface area contributed by atoms with Crippen molar-refractivity contribution in [2.24, 2.45) is 0 Å². The lowest BCUT2D eigenvalue weighted by Gasteiger charge is -2.12. The van der Waals surface area contributed by atoms with Crippen molar-refractivity contribution < 1.29 is 4.79 Å². The summed E-state index contributed by atoms with van der Waals surface area (Å²) in [6, 6.07) is 16.8. The second-order valence-corrected chi connectivity index (χ2v) is 7.07. The van der Waals surface area contributed by atoms with Crippen molar-refractivity contribution >= 4 is 11.7 Å². The van der Waals surface area contributed by atoms with Gasteiger partial charge in [-0.05, 0) is 56.3 Å². The summed E-state index contributed by atoms with van der Waals surface area (Å²) in [5.74, 6) is 7.11. The summed E-state index contributed by atoms with van der Waals surface area (Å²) in [4.78, 5) is 25.8. The van der Waals surface area contributed by atoms with Gasteiger partial charge in [0.25, 0.3) is 0 Å². The smallest absolute Gasteiger partial charge is 0.242 e. The Balaban J connectivity index is 1.70. The summed E-state index contributed by atoms with van der Waals surface area (Å²) in [5.41, 5.74) is 2.97. The van der Waals surface area contributed by atoms with E-state index in [0.29, 0.717) is 17.5 Å². The van der Waals surface area contributed by atoms with Crippen molar-refractivity contribution in [2.75, 3.05) is 12.4 Å². The average molecular weight is 422 g/mol. The fourth-order valence-corrected chi connectivity index (χ4v) is 2.94. The standard InChI is InChI=1S/C25H22N6O/c1-18(26-2)24(32)30-23-13-11-21(22(29-23)12-10-19-8-4-3-5-9-19)20-16-27-25(28-17-20)31-14-6-7-15-31/h3-9,11,13-18,26H,1-2H3,(H,29,30,32). The first-order valence-corrected chi connectivity index (χ1v) is 10.2. The number of pyridine rings is 1. The lowest BCUT2D eigenvalue weighted by atomic mass is 10.1. The van der Waals surface area contributed by atoms with Gasteiger partial charge >= 0.3 is 0 Å². The topological polar surface area (TPSA) is 84.7 Å². The molecule has 7 heteroatoms. The fourth-order valence-electron chi connectivity index (χ4n) is 2.94. The van der Waals surface area contributed by atoms with Crippen LogP contribution in [0.5, 0.6) is 0 Å². The summed E-state index contributed by atoms with van der Waals surface area (Å²) < 4.78 is 1.83. The molecule has 0 bridgehead atoms. The Hall–Kier alpha value is -4.28. The van der Waals surface area contributed by atoms with Crippen molar-refractivity contribution in [3.8, 4) is 28.9 Å². The zero-order valence-electron chi connectivity index (χ0n) is 17.8. The van der Waals surface area contributed by atoms with Crippen molar-refractivity contribution in [3.63, 3.8) is 0 Å². The molecule has 4 aromatic rings. The first-order valence-electron chi connectivity index (χ1n) is 10.2. The molecule has 0 saturated carbocycles. The summed E-state index contributed by atoms with van der Waals surface area (Å²) in [6.45, 7) is 1.78. The Labute approximate surface area is 186 Å².